The van der Waals surface area contributed by atoms with Gasteiger partial charge in [0, 0.05) is 0 Å². The minimum atomic E-state index is -4.28. The third-order valence-corrected chi connectivity index (χ3v) is 1.43. The fourth-order valence-electron chi connectivity index (χ4n) is 0.789. The number of nitrogen functional groups attached to an aromatic ring is 1. The predicted molar refractivity (Wildman–Crippen MR) is 40.9 cm³/mol. The standard InChI is InChI=1S/C7H8F3N3/c1-4-5(11)3-12-6(13-4)2-7(8,9)10/h3H,2,11H2,1H3. The molecule has 72 valence electrons. The Morgan fingerprint density at radius 3 is 2.54 bits per heavy atom. The Labute approximate surface area is 72.8 Å². The van der Waals surface area contributed by atoms with E-state index >= 15 is 0 Å². The summed E-state index contributed by atoms with van der Waals surface area (Å²) in [4.78, 5) is 7.07. The molecule has 1 aromatic rings. The molecular formula is C7H8F3N3. The van der Waals surface area contributed by atoms with Gasteiger partial charge in [0.05, 0.1) is 17.6 Å². The third-order valence-electron chi connectivity index (χ3n) is 1.43. The summed E-state index contributed by atoms with van der Waals surface area (Å²) in [5.74, 6) is -0.251. The van der Waals surface area contributed by atoms with Gasteiger partial charge in [-0.05, 0) is 6.92 Å². The molecule has 0 atom stereocenters. The number of hydrogen-bond acceptors (Lipinski definition) is 3. The molecular weight excluding hydrogens is 183 g/mol. The van der Waals surface area contributed by atoms with Crippen molar-refractivity contribution in [3.8, 4) is 0 Å². The molecule has 0 spiro atoms. The van der Waals surface area contributed by atoms with Crippen LogP contribution in [-0.2, 0) is 6.42 Å². The molecule has 1 rings (SSSR count). The van der Waals surface area contributed by atoms with Gasteiger partial charge in [-0.25, -0.2) is 9.97 Å². The molecule has 0 fully saturated rings. The lowest BCUT2D eigenvalue weighted by molar-refractivity contribution is -0.128. The van der Waals surface area contributed by atoms with Gasteiger partial charge in [-0.15, -0.1) is 0 Å². The van der Waals surface area contributed by atoms with Crippen molar-refractivity contribution in [3.63, 3.8) is 0 Å². The number of alkyl halides is 3. The summed E-state index contributed by atoms with van der Waals surface area (Å²) in [5, 5.41) is 0. The summed E-state index contributed by atoms with van der Waals surface area (Å²) in [7, 11) is 0. The second kappa shape index (κ2) is 3.20. The first-order valence-electron chi connectivity index (χ1n) is 3.53. The maximum Gasteiger partial charge on any atom is 0.396 e. The highest BCUT2D eigenvalue weighted by molar-refractivity contribution is 5.38. The van der Waals surface area contributed by atoms with Gasteiger partial charge in [0.25, 0.3) is 0 Å². The SMILES string of the molecule is Cc1nc(CC(F)(F)F)ncc1N. The zero-order chi connectivity index (χ0) is 10.1. The van der Waals surface area contributed by atoms with E-state index in [1.54, 1.807) is 0 Å². The molecule has 0 aliphatic rings. The second-order valence-corrected chi connectivity index (χ2v) is 2.62. The van der Waals surface area contributed by atoms with Gasteiger partial charge >= 0.3 is 6.18 Å². The summed E-state index contributed by atoms with van der Waals surface area (Å²) in [6.07, 6.45) is -4.21. The molecule has 1 heterocycles. The van der Waals surface area contributed by atoms with Gasteiger partial charge in [0.15, 0.2) is 0 Å². The summed E-state index contributed by atoms with van der Waals surface area (Å²) in [6, 6.07) is 0. The molecule has 0 saturated carbocycles. The van der Waals surface area contributed by atoms with E-state index in [-0.39, 0.29) is 5.82 Å². The molecule has 0 aliphatic heterocycles. The van der Waals surface area contributed by atoms with Gasteiger partial charge in [0.1, 0.15) is 12.2 Å². The highest BCUT2D eigenvalue weighted by Gasteiger charge is 2.29. The monoisotopic (exact) mass is 191 g/mol. The lowest BCUT2D eigenvalue weighted by Gasteiger charge is -2.05. The van der Waals surface area contributed by atoms with Crippen LogP contribution in [0.1, 0.15) is 11.5 Å². The predicted octanol–water partition coefficient (Wildman–Crippen LogP) is 1.47. The molecule has 0 saturated heterocycles. The quantitative estimate of drug-likeness (QED) is 0.731. The van der Waals surface area contributed by atoms with Crippen molar-refractivity contribution < 1.29 is 13.2 Å². The Bertz CT molecular complexity index is 308. The van der Waals surface area contributed by atoms with Crippen LogP contribution in [0, 0.1) is 6.92 Å². The van der Waals surface area contributed by atoms with E-state index in [0.717, 1.165) is 0 Å². The van der Waals surface area contributed by atoms with Gasteiger partial charge in [-0.3, -0.25) is 0 Å². The number of aryl methyl sites for hydroxylation is 1. The molecule has 0 aromatic carbocycles. The number of aromatic nitrogens is 2. The van der Waals surface area contributed by atoms with Crippen LogP contribution in [0.2, 0.25) is 0 Å². The molecule has 3 nitrogen and oxygen atoms in total. The van der Waals surface area contributed by atoms with Crippen molar-refractivity contribution in [3.05, 3.63) is 17.7 Å². The number of nitrogens with two attached hydrogens (primary N) is 1. The van der Waals surface area contributed by atoms with Crippen LogP contribution < -0.4 is 5.73 Å². The lowest BCUT2D eigenvalue weighted by atomic mass is 10.3. The minimum Gasteiger partial charge on any atom is -0.396 e. The van der Waals surface area contributed by atoms with Crippen LogP contribution in [0.15, 0.2) is 6.20 Å². The largest absolute Gasteiger partial charge is 0.396 e. The van der Waals surface area contributed by atoms with E-state index < -0.39 is 12.6 Å². The van der Waals surface area contributed by atoms with Crippen molar-refractivity contribution in [1.29, 1.82) is 0 Å². The Morgan fingerprint density at radius 1 is 1.46 bits per heavy atom. The first-order chi connectivity index (χ1) is 5.88. The fourth-order valence-corrected chi connectivity index (χ4v) is 0.789. The molecule has 0 aliphatic carbocycles. The number of rotatable bonds is 1. The first kappa shape index (κ1) is 9.76. The topological polar surface area (TPSA) is 51.8 Å². The number of nitrogens with zero attached hydrogens (tertiary/aromatic N) is 2. The van der Waals surface area contributed by atoms with E-state index in [1.807, 2.05) is 0 Å². The highest BCUT2D eigenvalue weighted by atomic mass is 19.4. The Hall–Kier alpha value is -1.33. The number of hydrogen-bond donors (Lipinski definition) is 1. The van der Waals surface area contributed by atoms with Crippen molar-refractivity contribution in [2.24, 2.45) is 0 Å². The fraction of sp³-hybridized carbons (Fsp3) is 0.429. The molecule has 6 heteroatoms. The summed E-state index contributed by atoms with van der Waals surface area (Å²) in [5.41, 5.74) is 6.01. The Morgan fingerprint density at radius 2 is 2.08 bits per heavy atom. The van der Waals surface area contributed by atoms with Crippen LogP contribution in [0.5, 0.6) is 0 Å². The normalized spacial score (nSPS) is 11.7. The van der Waals surface area contributed by atoms with Crippen LogP contribution in [0.25, 0.3) is 0 Å². The van der Waals surface area contributed by atoms with E-state index in [0.29, 0.717) is 11.4 Å². The smallest absolute Gasteiger partial charge is 0.396 e. The van der Waals surface area contributed by atoms with Crippen molar-refractivity contribution in [1.82, 2.24) is 9.97 Å². The van der Waals surface area contributed by atoms with Crippen LogP contribution in [0.3, 0.4) is 0 Å². The molecule has 0 amide bonds. The van der Waals surface area contributed by atoms with Crippen LogP contribution in [-0.4, -0.2) is 16.1 Å². The first-order valence-corrected chi connectivity index (χ1v) is 3.53. The van der Waals surface area contributed by atoms with Crippen LogP contribution >= 0.6 is 0 Å². The average Bonchev–Trinajstić information content (AvgIpc) is 1.94. The van der Waals surface area contributed by atoms with Gasteiger partial charge < -0.3 is 5.73 Å². The van der Waals surface area contributed by atoms with E-state index in [1.165, 1.54) is 13.1 Å². The minimum absolute atomic E-state index is 0.251. The molecule has 0 radical (unpaired) electrons. The Balaban J connectivity index is 2.86. The van der Waals surface area contributed by atoms with Crippen molar-refractivity contribution in [2.45, 2.75) is 19.5 Å². The maximum absolute atomic E-state index is 11.9. The van der Waals surface area contributed by atoms with Gasteiger partial charge in [0.2, 0.25) is 0 Å². The maximum atomic E-state index is 11.9. The molecule has 2 N–H and O–H groups in total. The third kappa shape index (κ3) is 2.89. The lowest BCUT2D eigenvalue weighted by Crippen LogP contribution is -2.14. The van der Waals surface area contributed by atoms with Crippen molar-refractivity contribution in [2.75, 3.05) is 5.73 Å². The average molecular weight is 191 g/mol. The van der Waals surface area contributed by atoms with Crippen molar-refractivity contribution >= 4 is 5.69 Å². The second-order valence-electron chi connectivity index (χ2n) is 2.62. The van der Waals surface area contributed by atoms with E-state index in [9.17, 15) is 13.2 Å². The molecule has 0 unspecified atom stereocenters. The summed E-state index contributed by atoms with van der Waals surface area (Å²) >= 11 is 0. The van der Waals surface area contributed by atoms with Gasteiger partial charge in [-0.1, -0.05) is 0 Å². The zero-order valence-corrected chi connectivity index (χ0v) is 6.89. The van der Waals surface area contributed by atoms with E-state index in [4.69, 9.17) is 5.73 Å². The number of halogens is 3. The van der Waals surface area contributed by atoms with Gasteiger partial charge in [-0.2, -0.15) is 13.2 Å². The van der Waals surface area contributed by atoms with E-state index in [2.05, 4.69) is 9.97 Å². The summed E-state index contributed by atoms with van der Waals surface area (Å²) in [6.45, 7) is 1.54. The highest BCUT2D eigenvalue weighted by Crippen LogP contribution is 2.19. The molecule has 13 heavy (non-hydrogen) atoms. The van der Waals surface area contributed by atoms with Crippen LogP contribution in [0.4, 0.5) is 18.9 Å². The summed E-state index contributed by atoms with van der Waals surface area (Å²) < 4.78 is 35.6. The molecule has 0 bridgehead atoms. The zero-order valence-electron chi connectivity index (χ0n) is 6.89. The molecule has 1 aromatic heterocycles. The number of anilines is 1. The Kier molecular flexibility index (Phi) is 2.40.